The van der Waals surface area contributed by atoms with Crippen LogP contribution in [0.15, 0.2) is 46.9 Å². The Bertz CT molecular complexity index is 756. The lowest BCUT2D eigenvalue weighted by Gasteiger charge is -2.36. The fraction of sp³-hybridized carbons (Fsp3) is 0.350. The zero-order chi connectivity index (χ0) is 18.5. The van der Waals surface area contributed by atoms with Crippen LogP contribution in [0.5, 0.6) is 11.5 Å². The summed E-state index contributed by atoms with van der Waals surface area (Å²) in [6.07, 6.45) is 0. The Kier molecular flexibility index (Phi) is 6.04. The molecule has 0 bridgehead atoms. The third kappa shape index (κ3) is 4.49. The summed E-state index contributed by atoms with van der Waals surface area (Å²) < 4.78 is 11.9. The van der Waals surface area contributed by atoms with Crippen molar-refractivity contribution in [1.29, 1.82) is 0 Å². The van der Waals surface area contributed by atoms with Gasteiger partial charge in [0, 0.05) is 36.3 Å². The van der Waals surface area contributed by atoms with Crippen molar-refractivity contribution in [1.82, 2.24) is 4.90 Å². The standard InChI is InChI=1S/C20H23BrN2O3/c1-15-13-18(7-8-19(15)21)26-14-20(24)23-11-9-22(10-12-23)16-3-5-17(25-2)6-4-16/h3-8,13H,9-12,14H2,1-2H3. The maximum Gasteiger partial charge on any atom is 0.260 e. The van der Waals surface area contributed by atoms with E-state index in [9.17, 15) is 4.79 Å². The van der Waals surface area contributed by atoms with Gasteiger partial charge in [-0.05, 0) is 55.0 Å². The SMILES string of the molecule is COc1ccc(N2CCN(C(=O)COc3ccc(Br)c(C)c3)CC2)cc1. The third-order valence-corrected chi connectivity index (χ3v) is 5.45. The van der Waals surface area contributed by atoms with E-state index in [2.05, 4.69) is 33.0 Å². The van der Waals surface area contributed by atoms with Crippen LogP contribution in [0.3, 0.4) is 0 Å². The van der Waals surface area contributed by atoms with E-state index in [1.54, 1.807) is 7.11 Å². The molecule has 0 saturated carbocycles. The molecule has 6 heteroatoms. The van der Waals surface area contributed by atoms with E-state index in [1.807, 2.05) is 42.2 Å². The lowest BCUT2D eigenvalue weighted by molar-refractivity contribution is -0.133. The summed E-state index contributed by atoms with van der Waals surface area (Å²) in [6.45, 7) is 5.10. The summed E-state index contributed by atoms with van der Waals surface area (Å²) in [6, 6.07) is 13.8. The smallest absolute Gasteiger partial charge is 0.260 e. The molecule has 1 amide bonds. The molecule has 1 aliphatic heterocycles. The summed E-state index contributed by atoms with van der Waals surface area (Å²) in [4.78, 5) is 16.6. The van der Waals surface area contributed by atoms with Gasteiger partial charge >= 0.3 is 0 Å². The normalized spacial score (nSPS) is 14.3. The molecule has 2 aromatic rings. The summed E-state index contributed by atoms with van der Waals surface area (Å²) in [5, 5.41) is 0. The van der Waals surface area contributed by atoms with Crippen molar-refractivity contribution in [3.63, 3.8) is 0 Å². The molecule has 1 fully saturated rings. The second-order valence-electron chi connectivity index (χ2n) is 6.27. The molecule has 0 aliphatic carbocycles. The number of methoxy groups -OCH3 is 1. The first-order valence-electron chi connectivity index (χ1n) is 8.62. The van der Waals surface area contributed by atoms with Gasteiger partial charge in [-0.3, -0.25) is 4.79 Å². The average Bonchev–Trinajstić information content (AvgIpc) is 2.69. The number of rotatable bonds is 5. The first kappa shape index (κ1) is 18.6. The topological polar surface area (TPSA) is 42.0 Å². The number of amides is 1. The number of carbonyl (C=O) groups is 1. The molecule has 3 rings (SSSR count). The number of piperazine rings is 1. The van der Waals surface area contributed by atoms with E-state index >= 15 is 0 Å². The number of anilines is 1. The summed E-state index contributed by atoms with van der Waals surface area (Å²) >= 11 is 3.46. The van der Waals surface area contributed by atoms with E-state index in [4.69, 9.17) is 9.47 Å². The Hall–Kier alpha value is -2.21. The Labute approximate surface area is 162 Å². The van der Waals surface area contributed by atoms with Crippen LogP contribution in [-0.4, -0.2) is 50.7 Å². The van der Waals surface area contributed by atoms with Gasteiger partial charge in [0.15, 0.2) is 6.61 Å². The Balaban J connectivity index is 1.49. The quantitative estimate of drug-likeness (QED) is 0.744. The predicted octanol–water partition coefficient (Wildman–Crippen LogP) is 3.49. The van der Waals surface area contributed by atoms with Crippen LogP contribution < -0.4 is 14.4 Å². The summed E-state index contributed by atoms with van der Waals surface area (Å²) in [5.41, 5.74) is 2.24. The van der Waals surface area contributed by atoms with E-state index in [-0.39, 0.29) is 12.5 Å². The van der Waals surface area contributed by atoms with Crippen LogP contribution in [0, 0.1) is 6.92 Å². The number of halogens is 1. The monoisotopic (exact) mass is 418 g/mol. The van der Waals surface area contributed by atoms with Crippen molar-refractivity contribution < 1.29 is 14.3 Å². The minimum absolute atomic E-state index is 0.0277. The van der Waals surface area contributed by atoms with Gasteiger partial charge in [0.05, 0.1) is 7.11 Å². The molecule has 0 radical (unpaired) electrons. The molecule has 0 aromatic heterocycles. The molecule has 5 nitrogen and oxygen atoms in total. The van der Waals surface area contributed by atoms with Crippen molar-refractivity contribution in [3.05, 3.63) is 52.5 Å². The number of nitrogens with zero attached hydrogens (tertiary/aromatic N) is 2. The number of carbonyl (C=O) groups excluding carboxylic acids is 1. The largest absolute Gasteiger partial charge is 0.497 e. The van der Waals surface area contributed by atoms with E-state index in [0.717, 1.165) is 40.3 Å². The minimum atomic E-state index is 0.0277. The second-order valence-corrected chi connectivity index (χ2v) is 7.12. The maximum atomic E-state index is 12.4. The van der Waals surface area contributed by atoms with Gasteiger partial charge in [0.1, 0.15) is 11.5 Å². The predicted molar refractivity (Wildman–Crippen MR) is 106 cm³/mol. The van der Waals surface area contributed by atoms with Gasteiger partial charge in [-0.1, -0.05) is 15.9 Å². The molecule has 0 atom stereocenters. The first-order chi connectivity index (χ1) is 12.6. The molecule has 0 N–H and O–H groups in total. The zero-order valence-electron chi connectivity index (χ0n) is 15.1. The fourth-order valence-corrected chi connectivity index (χ4v) is 3.20. The van der Waals surface area contributed by atoms with Gasteiger partial charge < -0.3 is 19.3 Å². The number of aryl methyl sites for hydroxylation is 1. The van der Waals surface area contributed by atoms with Crippen LogP contribution in [0.2, 0.25) is 0 Å². The molecular weight excluding hydrogens is 396 g/mol. The Morgan fingerprint density at radius 3 is 2.31 bits per heavy atom. The molecule has 1 aliphatic rings. The highest BCUT2D eigenvalue weighted by Crippen LogP contribution is 2.22. The Morgan fingerprint density at radius 1 is 1.04 bits per heavy atom. The highest BCUT2D eigenvalue weighted by Gasteiger charge is 2.21. The van der Waals surface area contributed by atoms with Crippen LogP contribution in [-0.2, 0) is 4.79 Å². The second kappa shape index (κ2) is 8.45. The minimum Gasteiger partial charge on any atom is -0.497 e. The fourth-order valence-electron chi connectivity index (χ4n) is 2.95. The summed E-state index contributed by atoms with van der Waals surface area (Å²) in [5.74, 6) is 1.60. The van der Waals surface area contributed by atoms with Gasteiger partial charge in [-0.25, -0.2) is 0 Å². The zero-order valence-corrected chi connectivity index (χ0v) is 16.7. The lowest BCUT2D eigenvalue weighted by Crippen LogP contribution is -2.50. The maximum absolute atomic E-state index is 12.4. The molecule has 1 heterocycles. The third-order valence-electron chi connectivity index (χ3n) is 4.56. The Morgan fingerprint density at radius 2 is 1.69 bits per heavy atom. The molecule has 138 valence electrons. The lowest BCUT2D eigenvalue weighted by atomic mass is 10.2. The van der Waals surface area contributed by atoms with Crippen molar-refractivity contribution >= 4 is 27.5 Å². The molecule has 1 saturated heterocycles. The van der Waals surface area contributed by atoms with E-state index in [1.165, 1.54) is 0 Å². The number of hydrogen-bond donors (Lipinski definition) is 0. The molecule has 0 unspecified atom stereocenters. The molecule has 26 heavy (non-hydrogen) atoms. The molecule has 2 aromatic carbocycles. The van der Waals surface area contributed by atoms with E-state index < -0.39 is 0 Å². The van der Waals surface area contributed by atoms with Crippen molar-refractivity contribution in [2.75, 3.05) is 44.8 Å². The van der Waals surface area contributed by atoms with Gasteiger partial charge in [-0.2, -0.15) is 0 Å². The average molecular weight is 419 g/mol. The number of benzene rings is 2. The van der Waals surface area contributed by atoms with Crippen molar-refractivity contribution in [2.45, 2.75) is 6.92 Å². The van der Waals surface area contributed by atoms with E-state index in [0.29, 0.717) is 13.1 Å². The number of hydrogen-bond acceptors (Lipinski definition) is 4. The highest BCUT2D eigenvalue weighted by molar-refractivity contribution is 9.10. The summed E-state index contributed by atoms with van der Waals surface area (Å²) in [7, 11) is 1.66. The van der Waals surface area contributed by atoms with Crippen LogP contribution in [0.25, 0.3) is 0 Å². The number of ether oxygens (including phenoxy) is 2. The molecule has 0 spiro atoms. The van der Waals surface area contributed by atoms with Gasteiger partial charge in [0.2, 0.25) is 0 Å². The van der Waals surface area contributed by atoms with Gasteiger partial charge in [0.25, 0.3) is 5.91 Å². The van der Waals surface area contributed by atoms with Crippen LogP contribution in [0.4, 0.5) is 5.69 Å². The highest BCUT2D eigenvalue weighted by atomic mass is 79.9. The van der Waals surface area contributed by atoms with Crippen molar-refractivity contribution in [3.8, 4) is 11.5 Å². The van der Waals surface area contributed by atoms with Crippen LogP contribution in [0.1, 0.15) is 5.56 Å². The van der Waals surface area contributed by atoms with Crippen molar-refractivity contribution in [2.24, 2.45) is 0 Å². The first-order valence-corrected chi connectivity index (χ1v) is 9.42. The van der Waals surface area contributed by atoms with Gasteiger partial charge in [-0.15, -0.1) is 0 Å². The molecular formula is C20H23BrN2O3. The van der Waals surface area contributed by atoms with Crippen LogP contribution >= 0.6 is 15.9 Å².